The van der Waals surface area contributed by atoms with Gasteiger partial charge in [-0.1, -0.05) is 49.8 Å². The van der Waals surface area contributed by atoms with Crippen molar-refractivity contribution in [3.05, 3.63) is 72.1 Å². The van der Waals surface area contributed by atoms with E-state index in [0.29, 0.717) is 31.3 Å². The normalized spacial score (nSPS) is 21.0. The molecule has 6 nitrogen and oxygen atoms in total. The highest BCUT2D eigenvalue weighted by atomic mass is 32.2. The molecular weight excluding hydrogens is 434 g/mol. The first-order valence-corrected chi connectivity index (χ1v) is 13.0. The number of pyridine rings is 1. The van der Waals surface area contributed by atoms with Crippen LogP contribution in [0.5, 0.6) is 0 Å². The lowest BCUT2D eigenvalue weighted by Crippen LogP contribution is -2.38. The lowest BCUT2D eigenvalue weighted by Gasteiger charge is -2.37. The van der Waals surface area contributed by atoms with Crippen LogP contribution in [-0.4, -0.2) is 37.8 Å². The molecule has 3 atom stereocenters. The molecule has 2 aromatic rings. The second kappa shape index (κ2) is 11.1. The maximum Gasteiger partial charge on any atom is 0.240 e. The van der Waals surface area contributed by atoms with Crippen molar-refractivity contribution in [2.24, 2.45) is 23.7 Å². The second-order valence-corrected chi connectivity index (χ2v) is 11.2. The van der Waals surface area contributed by atoms with Crippen LogP contribution in [0.2, 0.25) is 0 Å². The number of sulfonamides is 1. The van der Waals surface area contributed by atoms with Crippen LogP contribution in [0.3, 0.4) is 0 Å². The van der Waals surface area contributed by atoms with Gasteiger partial charge in [-0.2, -0.15) is 0 Å². The molecule has 1 N–H and O–H groups in total. The van der Waals surface area contributed by atoms with Crippen LogP contribution in [0.1, 0.15) is 39.2 Å². The van der Waals surface area contributed by atoms with Crippen molar-refractivity contribution in [1.82, 2.24) is 14.6 Å². The lowest BCUT2D eigenvalue weighted by molar-refractivity contribution is -0.131. The molecule has 1 aromatic heterocycles. The number of nitrogens with zero attached hydrogens (tertiary/aromatic N) is 2. The number of carbonyl (C=O) groups is 1. The molecule has 178 valence electrons. The van der Waals surface area contributed by atoms with Crippen LogP contribution < -0.4 is 4.72 Å². The van der Waals surface area contributed by atoms with Crippen molar-refractivity contribution < 1.29 is 13.2 Å². The van der Waals surface area contributed by atoms with Gasteiger partial charge in [-0.15, -0.1) is 0 Å². The average Bonchev–Trinajstić information content (AvgIpc) is 2.80. The fourth-order valence-corrected chi connectivity index (χ4v) is 5.71. The molecule has 0 aliphatic heterocycles. The van der Waals surface area contributed by atoms with Gasteiger partial charge in [0.25, 0.3) is 0 Å². The number of aromatic nitrogens is 1. The Morgan fingerprint density at radius 2 is 1.91 bits per heavy atom. The second-order valence-electron chi connectivity index (χ2n) is 9.40. The quantitative estimate of drug-likeness (QED) is 0.557. The van der Waals surface area contributed by atoms with Crippen molar-refractivity contribution in [3.8, 4) is 0 Å². The molecule has 7 heteroatoms. The zero-order chi connectivity index (χ0) is 24.0. The number of benzene rings is 1. The Morgan fingerprint density at radius 1 is 1.18 bits per heavy atom. The smallest absolute Gasteiger partial charge is 0.240 e. The van der Waals surface area contributed by atoms with Crippen LogP contribution in [0.25, 0.3) is 0 Å². The first kappa shape index (κ1) is 25.1. The molecule has 0 spiro atoms. The molecule has 33 heavy (non-hydrogen) atoms. The summed E-state index contributed by atoms with van der Waals surface area (Å²) >= 11 is 0. The van der Waals surface area contributed by atoms with E-state index in [4.69, 9.17) is 0 Å². The van der Waals surface area contributed by atoms with E-state index >= 15 is 0 Å². The third-order valence-electron chi connectivity index (χ3n) is 6.64. The summed E-state index contributed by atoms with van der Waals surface area (Å²) in [5, 5.41) is 0. The fraction of sp³-hybridized carbons (Fsp3) is 0.462. The predicted molar refractivity (Wildman–Crippen MR) is 131 cm³/mol. The first-order valence-electron chi connectivity index (χ1n) is 11.5. The van der Waals surface area contributed by atoms with Gasteiger partial charge in [0.05, 0.1) is 4.90 Å². The number of carbonyl (C=O) groups excluding carboxylic acids is 1. The number of allylic oxidation sites excluding steroid dienone is 1. The van der Waals surface area contributed by atoms with E-state index < -0.39 is 10.0 Å². The van der Waals surface area contributed by atoms with Gasteiger partial charge < -0.3 is 4.90 Å². The Hall–Kier alpha value is -2.51. The van der Waals surface area contributed by atoms with Crippen LogP contribution in [-0.2, 0) is 21.4 Å². The molecule has 0 radical (unpaired) electrons. The third kappa shape index (κ3) is 6.74. The summed E-state index contributed by atoms with van der Waals surface area (Å²) in [4.78, 5) is 19.1. The van der Waals surface area contributed by atoms with Gasteiger partial charge in [0.2, 0.25) is 15.9 Å². The van der Waals surface area contributed by atoms with Gasteiger partial charge in [0.1, 0.15) is 0 Å². The maximum absolute atomic E-state index is 12.9. The van der Waals surface area contributed by atoms with E-state index in [1.807, 2.05) is 19.2 Å². The topological polar surface area (TPSA) is 79.4 Å². The molecule has 0 saturated carbocycles. The highest BCUT2D eigenvalue weighted by molar-refractivity contribution is 7.89. The van der Waals surface area contributed by atoms with Crippen LogP contribution >= 0.6 is 0 Å². The molecule has 3 rings (SSSR count). The summed E-state index contributed by atoms with van der Waals surface area (Å²) < 4.78 is 28.2. The Labute approximate surface area is 198 Å². The van der Waals surface area contributed by atoms with Crippen LogP contribution in [0.4, 0.5) is 0 Å². The van der Waals surface area contributed by atoms with Gasteiger partial charge in [0.15, 0.2) is 0 Å². The summed E-state index contributed by atoms with van der Waals surface area (Å²) in [7, 11) is -1.71. The minimum absolute atomic E-state index is 0.1000. The zero-order valence-electron chi connectivity index (χ0n) is 19.9. The summed E-state index contributed by atoms with van der Waals surface area (Å²) in [6.07, 6.45) is 7.03. The highest BCUT2D eigenvalue weighted by Gasteiger charge is 2.33. The average molecular weight is 470 g/mol. The SMILES string of the molecule is CC1=C[C@@H](CNS(=O)(=O)c2ccccc2)[C@H](C(C)C)C[C@H]1CC(=O)N(C)Cc1cccnc1. The Morgan fingerprint density at radius 3 is 2.55 bits per heavy atom. The zero-order valence-corrected chi connectivity index (χ0v) is 20.8. The van der Waals surface area contributed by atoms with Crippen molar-refractivity contribution in [2.45, 2.75) is 45.1 Å². The van der Waals surface area contributed by atoms with Gasteiger partial charge in [-0.25, -0.2) is 13.1 Å². The molecule has 1 amide bonds. The molecule has 0 bridgehead atoms. The van der Waals surface area contributed by atoms with E-state index in [9.17, 15) is 13.2 Å². The minimum atomic E-state index is -3.54. The Kier molecular flexibility index (Phi) is 8.43. The summed E-state index contributed by atoms with van der Waals surface area (Å²) in [5.41, 5.74) is 2.18. The van der Waals surface area contributed by atoms with Crippen molar-refractivity contribution in [2.75, 3.05) is 13.6 Å². The molecule has 1 aromatic carbocycles. The Bertz CT molecular complexity index is 1050. The summed E-state index contributed by atoms with van der Waals surface area (Å²) in [6, 6.07) is 12.3. The molecule has 0 unspecified atom stereocenters. The molecule has 0 fully saturated rings. The maximum atomic E-state index is 12.9. The summed E-state index contributed by atoms with van der Waals surface area (Å²) in [5.74, 6) is 1.06. The number of rotatable bonds is 9. The van der Waals surface area contributed by atoms with E-state index in [1.165, 1.54) is 5.57 Å². The highest BCUT2D eigenvalue weighted by Crippen LogP contribution is 2.39. The Balaban J connectivity index is 1.65. The van der Waals surface area contributed by atoms with E-state index in [0.717, 1.165) is 12.0 Å². The van der Waals surface area contributed by atoms with Crippen molar-refractivity contribution in [3.63, 3.8) is 0 Å². The van der Waals surface area contributed by atoms with Gasteiger partial charge in [-0.3, -0.25) is 9.78 Å². The lowest BCUT2D eigenvalue weighted by atomic mass is 9.70. The molecule has 1 aliphatic carbocycles. The number of nitrogens with one attached hydrogen (secondary N) is 1. The first-order chi connectivity index (χ1) is 15.7. The largest absolute Gasteiger partial charge is 0.341 e. The van der Waals surface area contributed by atoms with Gasteiger partial charge in [0, 0.05) is 39.0 Å². The summed E-state index contributed by atoms with van der Waals surface area (Å²) in [6.45, 7) is 7.31. The molecule has 0 saturated heterocycles. The van der Waals surface area contributed by atoms with E-state index in [2.05, 4.69) is 36.6 Å². The monoisotopic (exact) mass is 469 g/mol. The molecular formula is C26H35N3O3S. The standard InChI is InChI=1S/C26H35N3O3S/c1-19(2)25-14-22(15-26(30)29(4)18-21-9-8-12-27-16-21)20(3)13-23(25)17-28-33(31,32)24-10-6-5-7-11-24/h5-13,16,19,22-23,25,28H,14-15,17-18H2,1-4H3/t22-,23-,25-/m0/s1. The minimum Gasteiger partial charge on any atom is -0.341 e. The number of hydrogen-bond acceptors (Lipinski definition) is 4. The number of amides is 1. The van der Waals surface area contributed by atoms with Crippen LogP contribution in [0, 0.1) is 23.7 Å². The number of hydrogen-bond donors (Lipinski definition) is 1. The van der Waals surface area contributed by atoms with Gasteiger partial charge >= 0.3 is 0 Å². The van der Waals surface area contributed by atoms with Crippen molar-refractivity contribution >= 4 is 15.9 Å². The van der Waals surface area contributed by atoms with Gasteiger partial charge in [-0.05, 0) is 60.8 Å². The van der Waals surface area contributed by atoms with E-state index in [-0.39, 0.29) is 22.6 Å². The van der Waals surface area contributed by atoms with E-state index in [1.54, 1.807) is 47.6 Å². The predicted octanol–water partition coefficient (Wildman–Crippen LogP) is 4.26. The fourth-order valence-electron chi connectivity index (χ4n) is 4.62. The van der Waals surface area contributed by atoms with Crippen LogP contribution in [0.15, 0.2) is 71.4 Å². The third-order valence-corrected chi connectivity index (χ3v) is 8.08. The molecule has 1 heterocycles. The van der Waals surface area contributed by atoms with Crippen molar-refractivity contribution in [1.29, 1.82) is 0 Å². The molecule has 1 aliphatic rings.